The first kappa shape index (κ1) is 37.2. The number of carbonyl (C=O) groups is 1. The molecule has 1 aromatic heterocycles. The molecule has 0 unspecified atom stereocenters. The van der Waals surface area contributed by atoms with E-state index in [0.717, 1.165) is 78.3 Å². The van der Waals surface area contributed by atoms with Crippen LogP contribution >= 0.6 is 0 Å². The molecule has 0 amide bonds. The number of ketones is 1. The summed E-state index contributed by atoms with van der Waals surface area (Å²) >= 11 is 0. The second kappa shape index (κ2) is 15.9. The van der Waals surface area contributed by atoms with Crippen LogP contribution in [0, 0.1) is 0 Å². The van der Waals surface area contributed by atoms with Crippen LogP contribution in [0.1, 0.15) is 17.3 Å². The summed E-state index contributed by atoms with van der Waals surface area (Å²) in [5.74, 6) is -0.0512. The molecular formula is C57H40N2O2. The zero-order valence-corrected chi connectivity index (χ0v) is 33.6. The fraction of sp³-hybridized carbons (Fsp3) is 0.0175. The fourth-order valence-corrected chi connectivity index (χ4v) is 8.52. The minimum atomic E-state index is -0.0611. The first-order valence-electron chi connectivity index (χ1n) is 20.5. The van der Waals surface area contributed by atoms with Crippen molar-refractivity contribution in [1.82, 2.24) is 4.57 Å². The van der Waals surface area contributed by atoms with Crippen molar-refractivity contribution in [1.29, 1.82) is 0 Å². The van der Waals surface area contributed by atoms with Gasteiger partial charge in [-0.15, -0.1) is 0 Å². The second-order valence-electron chi connectivity index (χ2n) is 15.3. The third kappa shape index (κ3) is 7.11. The monoisotopic (exact) mass is 784 g/mol. The van der Waals surface area contributed by atoms with Crippen molar-refractivity contribution < 1.29 is 4.79 Å². The molecule has 1 heterocycles. The number of rotatable bonds is 9. The predicted molar refractivity (Wildman–Crippen MR) is 253 cm³/mol. The Kier molecular flexibility index (Phi) is 9.72. The van der Waals surface area contributed by atoms with Gasteiger partial charge in [-0.05, 0) is 130 Å². The summed E-state index contributed by atoms with van der Waals surface area (Å²) < 4.78 is 2.21. The summed E-state index contributed by atoms with van der Waals surface area (Å²) in [5.41, 5.74) is 14.0. The van der Waals surface area contributed by atoms with E-state index in [1.165, 1.54) is 0 Å². The Morgan fingerprint density at radius 1 is 0.393 bits per heavy atom. The Bertz CT molecular complexity index is 3170. The van der Waals surface area contributed by atoms with E-state index in [1.807, 2.05) is 103 Å². The highest BCUT2D eigenvalue weighted by Crippen LogP contribution is 2.42. The lowest BCUT2D eigenvalue weighted by molar-refractivity contribution is 0.101. The zero-order chi connectivity index (χ0) is 41.3. The molecule has 0 aliphatic rings. The topological polar surface area (TPSA) is 42.3 Å². The van der Waals surface area contributed by atoms with Gasteiger partial charge in [0.15, 0.2) is 11.2 Å². The highest BCUT2D eigenvalue weighted by molar-refractivity contribution is 6.04. The number of para-hydroxylation sites is 2. The lowest BCUT2D eigenvalue weighted by Crippen LogP contribution is -2.16. The molecule has 0 spiro atoms. The van der Waals surface area contributed by atoms with Gasteiger partial charge in [0.2, 0.25) is 0 Å². The molecule has 290 valence electrons. The van der Waals surface area contributed by atoms with E-state index < -0.39 is 0 Å². The molecule has 4 nitrogen and oxygen atoms in total. The van der Waals surface area contributed by atoms with Crippen LogP contribution in [0.25, 0.3) is 72.0 Å². The van der Waals surface area contributed by atoms with Crippen LogP contribution in [0.4, 0.5) is 17.1 Å². The Hall–Kier alpha value is -8.08. The molecule has 0 saturated heterocycles. The van der Waals surface area contributed by atoms with Crippen molar-refractivity contribution in [3.63, 3.8) is 0 Å². The third-order valence-corrected chi connectivity index (χ3v) is 11.4. The van der Waals surface area contributed by atoms with Gasteiger partial charge < -0.3 is 9.47 Å². The summed E-state index contributed by atoms with van der Waals surface area (Å²) in [5, 5.41) is 1.18. The van der Waals surface area contributed by atoms with E-state index in [2.05, 4.69) is 131 Å². The van der Waals surface area contributed by atoms with Gasteiger partial charge in [0.1, 0.15) is 0 Å². The van der Waals surface area contributed by atoms with Crippen LogP contribution < -0.4 is 10.3 Å². The summed E-state index contributed by atoms with van der Waals surface area (Å²) in [6, 6.07) is 76.4. The molecule has 9 aromatic carbocycles. The SMILES string of the molecule is CC(=O)c1ccccc1N(c1cc(-c2ccccc2)cc(-c2ccccc2)c1)c1ccc2c(c1)c(=O)c1ccccc1n2-c1cc(-c2ccccc2)cc(-c2ccccc2)c1. The number of hydrogen-bond acceptors (Lipinski definition) is 3. The van der Waals surface area contributed by atoms with Gasteiger partial charge in [-0.2, -0.15) is 0 Å². The molecule has 0 radical (unpaired) electrons. The first-order chi connectivity index (χ1) is 30.0. The molecule has 0 bridgehead atoms. The minimum absolute atomic E-state index is 0.0512. The zero-order valence-electron chi connectivity index (χ0n) is 33.6. The summed E-state index contributed by atoms with van der Waals surface area (Å²) in [4.78, 5) is 30.4. The standard InChI is InChI=1S/C57H40N2O2/c1-39(60)51-26-14-16-28-54(51)58(49-34-44(40-18-6-2-7-19-40)32-45(35-49)41-20-8-3-9-21-41)48-30-31-56-53(38-48)57(61)52-27-15-17-29-55(52)59(56)50-36-46(42-22-10-4-11-23-42)33-47(37-50)43-24-12-5-13-25-43/h2-38H,1H3. The normalized spacial score (nSPS) is 11.2. The van der Waals surface area contributed by atoms with Gasteiger partial charge in [0.05, 0.1) is 16.7 Å². The van der Waals surface area contributed by atoms with E-state index >= 15 is 0 Å². The second-order valence-corrected chi connectivity index (χ2v) is 15.3. The van der Waals surface area contributed by atoms with E-state index in [0.29, 0.717) is 16.3 Å². The van der Waals surface area contributed by atoms with E-state index in [-0.39, 0.29) is 11.2 Å². The number of anilines is 3. The molecule has 0 N–H and O–H groups in total. The fourth-order valence-electron chi connectivity index (χ4n) is 8.52. The number of fused-ring (bicyclic) bond motifs is 2. The number of aromatic nitrogens is 1. The molecule has 0 atom stereocenters. The highest BCUT2D eigenvalue weighted by Gasteiger charge is 2.22. The number of pyridine rings is 1. The molecule has 10 rings (SSSR count). The maximum absolute atomic E-state index is 14.9. The minimum Gasteiger partial charge on any atom is -0.310 e. The Morgan fingerprint density at radius 2 is 0.836 bits per heavy atom. The van der Waals surface area contributed by atoms with Crippen LogP contribution in [-0.2, 0) is 0 Å². The van der Waals surface area contributed by atoms with Crippen molar-refractivity contribution in [3.8, 4) is 50.2 Å². The maximum atomic E-state index is 14.9. The van der Waals surface area contributed by atoms with Gasteiger partial charge in [0.25, 0.3) is 0 Å². The van der Waals surface area contributed by atoms with Crippen LogP contribution in [-0.4, -0.2) is 10.4 Å². The van der Waals surface area contributed by atoms with Crippen LogP contribution in [0.15, 0.2) is 229 Å². The van der Waals surface area contributed by atoms with Crippen LogP contribution in [0.5, 0.6) is 0 Å². The molecule has 61 heavy (non-hydrogen) atoms. The summed E-state index contributed by atoms with van der Waals surface area (Å²) in [6.07, 6.45) is 0. The highest BCUT2D eigenvalue weighted by atomic mass is 16.1. The lowest BCUT2D eigenvalue weighted by atomic mass is 9.96. The smallest absolute Gasteiger partial charge is 0.197 e. The number of Topliss-reactive ketones (excluding diaryl/α,β-unsaturated/α-hetero) is 1. The third-order valence-electron chi connectivity index (χ3n) is 11.4. The molecule has 10 aromatic rings. The van der Waals surface area contributed by atoms with Crippen molar-refractivity contribution in [2.24, 2.45) is 0 Å². The van der Waals surface area contributed by atoms with Gasteiger partial charge >= 0.3 is 0 Å². The largest absolute Gasteiger partial charge is 0.310 e. The predicted octanol–water partition coefficient (Wildman–Crippen LogP) is 14.5. The van der Waals surface area contributed by atoms with Crippen LogP contribution in [0.3, 0.4) is 0 Å². The van der Waals surface area contributed by atoms with Gasteiger partial charge in [-0.1, -0.05) is 146 Å². The molecule has 4 heteroatoms. The van der Waals surface area contributed by atoms with E-state index in [9.17, 15) is 9.59 Å². The molecule has 0 aliphatic heterocycles. The quantitative estimate of drug-likeness (QED) is 0.108. The van der Waals surface area contributed by atoms with Crippen molar-refractivity contribution in [3.05, 3.63) is 240 Å². The number of hydrogen-bond donors (Lipinski definition) is 0. The van der Waals surface area contributed by atoms with E-state index in [4.69, 9.17) is 0 Å². The molecule has 0 fully saturated rings. The number of benzene rings is 9. The Morgan fingerprint density at radius 3 is 1.36 bits per heavy atom. The van der Waals surface area contributed by atoms with Crippen molar-refractivity contribution in [2.75, 3.05) is 4.90 Å². The first-order valence-corrected chi connectivity index (χ1v) is 20.5. The molecule has 0 saturated carbocycles. The molecular weight excluding hydrogens is 745 g/mol. The summed E-state index contributed by atoms with van der Waals surface area (Å²) in [7, 11) is 0. The average molecular weight is 785 g/mol. The van der Waals surface area contributed by atoms with E-state index in [1.54, 1.807) is 6.92 Å². The van der Waals surface area contributed by atoms with Crippen LogP contribution in [0.2, 0.25) is 0 Å². The Labute approximate surface area is 354 Å². The lowest BCUT2D eigenvalue weighted by Gasteiger charge is -2.29. The molecule has 0 aliphatic carbocycles. The van der Waals surface area contributed by atoms with Gasteiger partial charge in [-0.3, -0.25) is 9.59 Å². The average Bonchev–Trinajstić information content (AvgIpc) is 3.33. The summed E-state index contributed by atoms with van der Waals surface area (Å²) in [6.45, 7) is 1.60. The van der Waals surface area contributed by atoms with Crippen molar-refractivity contribution >= 4 is 44.7 Å². The van der Waals surface area contributed by atoms with Gasteiger partial charge in [0, 0.05) is 33.4 Å². The number of nitrogens with zero attached hydrogens (tertiary/aromatic N) is 2. The number of carbonyl (C=O) groups excluding carboxylic acids is 1. The van der Waals surface area contributed by atoms with Gasteiger partial charge in [-0.25, -0.2) is 0 Å². The van der Waals surface area contributed by atoms with Crippen molar-refractivity contribution in [2.45, 2.75) is 6.92 Å². The maximum Gasteiger partial charge on any atom is 0.197 e. The Balaban J connectivity index is 1.25.